The van der Waals surface area contributed by atoms with Crippen molar-refractivity contribution in [2.75, 3.05) is 32.5 Å². The molecule has 0 aliphatic rings. The molecule has 2 aromatic rings. The van der Waals surface area contributed by atoms with E-state index in [0.29, 0.717) is 19.0 Å². The van der Waals surface area contributed by atoms with Gasteiger partial charge < -0.3 is 15.1 Å². The molecular formula is C22H31N3O. The predicted molar refractivity (Wildman–Crippen MR) is 110 cm³/mol. The fraction of sp³-hybridized carbons (Fsp3) is 0.409. The zero-order chi connectivity index (χ0) is 19.1. The normalized spacial score (nSPS) is 11.0. The first-order chi connectivity index (χ1) is 12.4. The highest BCUT2D eigenvalue weighted by Crippen LogP contribution is 2.27. The van der Waals surface area contributed by atoms with Crippen LogP contribution in [0.1, 0.15) is 36.5 Å². The zero-order valence-corrected chi connectivity index (χ0v) is 16.6. The third kappa shape index (κ3) is 5.60. The van der Waals surface area contributed by atoms with Crippen molar-refractivity contribution >= 4 is 11.7 Å². The van der Waals surface area contributed by atoms with Crippen molar-refractivity contribution in [2.24, 2.45) is 0 Å². The lowest BCUT2D eigenvalue weighted by atomic mass is 9.98. The molecule has 0 fully saturated rings. The molecule has 0 radical (unpaired) electrons. The van der Waals surface area contributed by atoms with Gasteiger partial charge in [0.25, 0.3) is 0 Å². The molecule has 0 aromatic heterocycles. The molecule has 0 heterocycles. The van der Waals surface area contributed by atoms with Crippen molar-refractivity contribution in [3.05, 3.63) is 65.2 Å². The van der Waals surface area contributed by atoms with Crippen LogP contribution in [0.4, 0.5) is 10.5 Å². The Hall–Kier alpha value is -2.33. The number of hydrogen-bond acceptors (Lipinski definition) is 2. The molecule has 2 amide bonds. The molecule has 0 unspecified atom stereocenters. The minimum atomic E-state index is -0.0492. The van der Waals surface area contributed by atoms with Gasteiger partial charge in [0.1, 0.15) is 0 Å². The molecule has 0 atom stereocenters. The standard InChI is InChI=1S/C22H31N3O/c1-17(2)20-13-9-10-18(3)21(20)23-22(26)25(15-14-24(4)5)16-19-11-7-6-8-12-19/h6-13,17H,14-16H2,1-5H3,(H,23,26). The van der Waals surface area contributed by atoms with E-state index in [4.69, 9.17) is 0 Å². The van der Waals surface area contributed by atoms with Gasteiger partial charge in [0.15, 0.2) is 0 Å². The maximum Gasteiger partial charge on any atom is 0.322 e. The topological polar surface area (TPSA) is 35.6 Å². The lowest BCUT2D eigenvalue weighted by Gasteiger charge is -2.26. The van der Waals surface area contributed by atoms with E-state index in [9.17, 15) is 4.79 Å². The summed E-state index contributed by atoms with van der Waals surface area (Å²) in [7, 11) is 4.05. The summed E-state index contributed by atoms with van der Waals surface area (Å²) in [5.74, 6) is 0.356. The van der Waals surface area contributed by atoms with Gasteiger partial charge in [-0.1, -0.05) is 62.4 Å². The molecular weight excluding hydrogens is 322 g/mol. The van der Waals surface area contributed by atoms with Crippen molar-refractivity contribution in [3.63, 3.8) is 0 Å². The summed E-state index contributed by atoms with van der Waals surface area (Å²) in [6.07, 6.45) is 0. The predicted octanol–water partition coefficient (Wildman–Crippen LogP) is 4.71. The number of carbonyl (C=O) groups is 1. The number of para-hydroxylation sites is 1. The van der Waals surface area contributed by atoms with E-state index in [1.54, 1.807) is 0 Å². The third-order valence-corrected chi connectivity index (χ3v) is 4.48. The maximum atomic E-state index is 13.1. The van der Waals surface area contributed by atoms with Gasteiger partial charge in [0.2, 0.25) is 0 Å². The van der Waals surface area contributed by atoms with E-state index >= 15 is 0 Å². The highest BCUT2D eigenvalue weighted by Gasteiger charge is 2.18. The molecule has 0 bridgehead atoms. The summed E-state index contributed by atoms with van der Waals surface area (Å²) in [4.78, 5) is 17.0. The van der Waals surface area contributed by atoms with Gasteiger partial charge in [-0.05, 0) is 43.6 Å². The number of urea groups is 1. The second-order valence-electron chi connectivity index (χ2n) is 7.33. The number of benzene rings is 2. The summed E-state index contributed by atoms with van der Waals surface area (Å²) in [6, 6.07) is 16.3. The number of nitrogens with one attached hydrogen (secondary N) is 1. The van der Waals surface area contributed by atoms with Crippen LogP contribution >= 0.6 is 0 Å². The smallest absolute Gasteiger partial charge is 0.319 e. The Morgan fingerprint density at radius 3 is 2.31 bits per heavy atom. The molecule has 0 saturated carbocycles. The first-order valence-corrected chi connectivity index (χ1v) is 9.22. The van der Waals surface area contributed by atoms with Crippen LogP contribution in [0.2, 0.25) is 0 Å². The fourth-order valence-electron chi connectivity index (χ4n) is 2.91. The number of aryl methyl sites for hydroxylation is 1. The summed E-state index contributed by atoms with van der Waals surface area (Å²) in [5, 5.41) is 3.17. The monoisotopic (exact) mass is 353 g/mol. The lowest BCUT2D eigenvalue weighted by molar-refractivity contribution is 0.202. The van der Waals surface area contributed by atoms with Crippen LogP contribution in [-0.4, -0.2) is 43.0 Å². The van der Waals surface area contributed by atoms with Gasteiger partial charge in [-0.2, -0.15) is 0 Å². The Balaban J connectivity index is 2.21. The largest absolute Gasteiger partial charge is 0.322 e. The number of carbonyl (C=O) groups excluding carboxylic acids is 1. The number of hydrogen-bond donors (Lipinski definition) is 1. The average molecular weight is 354 g/mol. The van der Waals surface area contributed by atoms with Gasteiger partial charge in [-0.3, -0.25) is 0 Å². The highest BCUT2D eigenvalue weighted by atomic mass is 16.2. The van der Waals surface area contributed by atoms with Gasteiger partial charge in [0, 0.05) is 25.3 Å². The quantitative estimate of drug-likeness (QED) is 0.782. The van der Waals surface area contributed by atoms with Crippen LogP contribution in [0.5, 0.6) is 0 Å². The van der Waals surface area contributed by atoms with E-state index in [1.165, 1.54) is 5.56 Å². The Labute approximate surface area is 157 Å². The summed E-state index contributed by atoms with van der Waals surface area (Å²) < 4.78 is 0. The lowest BCUT2D eigenvalue weighted by Crippen LogP contribution is -2.39. The Morgan fingerprint density at radius 1 is 1.00 bits per heavy atom. The molecule has 26 heavy (non-hydrogen) atoms. The van der Waals surface area contributed by atoms with Crippen LogP contribution in [0.3, 0.4) is 0 Å². The summed E-state index contributed by atoms with van der Waals surface area (Å²) >= 11 is 0. The van der Waals surface area contributed by atoms with E-state index in [0.717, 1.165) is 23.4 Å². The zero-order valence-electron chi connectivity index (χ0n) is 16.6. The Morgan fingerprint density at radius 2 is 1.69 bits per heavy atom. The molecule has 4 heteroatoms. The van der Waals surface area contributed by atoms with E-state index in [2.05, 4.69) is 42.3 Å². The SMILES string of the molecule is Cc1cccc(C(C)C)c1NC(=O)N(CCN(C)C)Cc1ccccc1. The van der Waals surface area contributed by atoms with Crippen molar-refractivity contribution in [3.8, 4) is 0 Å². The number of rotatable bonds is 7. The number of likely N-dealkylation sites (N-methyl/N-ethyl adjacent to an activating group) is 1. The molecule has 4 nitrogen and oxygen atoms in total. The van der Waals surface area contributed by atoms with Crippen molar-refractivity contribution < 1.29 is 4.79 Å². The Bertz CT molecular complexity index is 711. The van der Waals surface area contributed by atoms with Gasteiger partial charge in [0.05, 0.1) is 0 Å². The minimum Gasteiger partial charge on any atom is -0.319 e. The average Bonchev–Trinajstić information content (AvgIpc) is 2.60. The third-order valence-electron chi connectivity index (χ3n) is 4.48. The van der Waals surface area contributed by atoms with Crippen LogP contribution in [0.15, 0.2) is 48.5 Å². The number of anilines is 1. The molecule has 0 aliphatic carbocycles. The van der Waals surface area contributed by atoms with Gasteiger partial charge in [-0.25, -0.2) is 4.79 Å². The Kier molecular flexibility index (Phi) is 7.22. The number of amides is 2. The second kappa shape index (κ2) is 9.39. The van der Waals surface area contributed by atoms with E-state index in [-0.39, 0.29) is 6.03 Å². The fourth-order valence-corrected chi connectivity index (χ4v) is 2.91. The molecule has 2 aromatic carbocycles. The molecule has 0 saturated heterocycles. The molecule has 0 aliphatic heterocycles. The van der Waals surface area contributed by atoms with Crippen LogP contribution < -0.4 is 5.32 Å². The van der Waals surface area contributed by atoms with Crippen molar-refractivity contribution in [1.82, 2.24) is 9.80 Å². The highest BCUT2D eigenvalue weighted by molar-refractivity contribution is 5.91. The van der Waals surface area contributed by atoms with Crippen molar-refractivity contribution in [1.29, 1.82) is 0 Å². The second-order valence-corrected chi connectivity index (χ2v) is 7.33. The van der Waals surface area contributed by atoms with E-state index < -0.39 is 0 Å². The van der Waals surface area contributed by atoms with Crippen LogP contribution in [0.25, 0.3) is 0 Å². The van der Waals surface area contributed by atoms with Gasteiger partial charge in [-0.15, -0.1) is 0 Å². The molecule has 140 valence electrons. The molecule has 2 rings (SSSR count). The van der Waals surface area contributed by atoms with E-state index in [1.807, 2.05) is 56.3 Å². The first kappa shape index (κ1) is 20.0. The van der Waals surface area contributed by atoms with Gasteiger partial charge >= 0.3 is 6.03 Å². The molecule has 1 N–H and O–H groups in total. The summed E-state index contributed by atoms with van der Waals surface area (Å²) in [6.45, 7) is 8.45. The minimum absolute atomic E-state index is 0.0492. The first-order valence-electron chi connectivity index (χ1n) is 9.22. The molecule has 0 spiro atoms. The number of nitrogens with zero attached hydrogens (tertiary/aromatic N) is 2. The van der Waals surface area contributed by atoms with Crippen LogP contribution in [0, 0.1) is 6.92 Å². The van der Waals surface area contributed by atoms with Crippen molar-refractivity contribution in [2.45, 2.75) is 33.2 Å². The maximum absolute atomic E-state index is 13.1. The summed E-state index contributed by atoms with van der Waals surface area (Å²) in [5.41, 5.74) is 4.34. The van der Waals surface area contributed by atoms with Crippen LogP contribution in [-0.2, 0) is 6.54 Å².